The lowest BCUT2D eigenvalue weighted by molar-refractivity contribution is 0.301. The van der Waals surface area contributed by atoms with E-state index in [2.05, 4.69) is 19.9 Å². The van der Waals surface area contributed by atoms with E-state index in [4.69, 9.17) is 5.73 Å². The minimum Gasteiger partial charge on any atom is -0.395 e. The molecule has 3 rings (SSSR count). The van der Waals surface area contributed by atoms with Gasteiger partial charge in [-0.1, -0.05) is 30.3 Å². The minimum absolute atomic E-state index is 0.0202. The number of anilines is 2. The van der Waals surface area contributed by atoms with Crippen molar-refractivity contribution in [3.63, 3.8) is 0 Å². The summed E-state index contributed by atoms with van der Waals surface area (Å²) in [6.45, 7) is 1.08. The molecule has 7 nitrogen and oxygen atoms in total. The number of aliphatic hydroxyl groups excluding tert-OH is 1. The van der Waals surface area contributed by atoms with E-state index in [1.807, 2.05) is 35.2 Å². The molecule has 2 aromatic heterocycles. The fraction of sp³-hybridized carbons (Fsp3) is 0.214. The number of rotatable bonds is 5. The molecule has 0 aliphatic heterocycles. The minimum atomic E-state index is 0.0202. The molecule has 108 valence electrons. The standard InChI is InChI=1S/C14H16N6O/c15-14-18-12-11(16-9-17-12)13(19-14)20(6-7-21)8-10-4-2-1-3-5-10/h1-5,9,21H,6-8H2,(H3,15,16,17,18,19). The molecule has 0 aliphatic carbocycles. The van der Waals surface area contributed by atoms with Gasteiger partial charge in [-0.05, 0) is 5.56 Å². The van der Waals surface area contributed by atoms with Crippen LogP contribution in [-0.2, 0) is 6.54 Å². The van der Waals surface area contributed by atoms with Crippen molar-refractivity contribution in [2.75, 3.05) is 23.8 Å². The van der Waals surface area contributed by atoms with E-state index in [0.29, 0.717) is 30.1 Å². The number of hydrogen-bond donors (Lipinski definition) is 3. The number of imidazole rings is 1. The lowest BCUT2D eigenvalue weighted by Gasteiger charge is -2.23. The quantitative estimate of drug-likeness (QED) is 0.644. The maximum atomic E-state index is 9.33. The second-order valence-electron chi connectivity index (χ2n) is 4.64. The van der Waals surface area contributed by atoms with Crippen LogP contribution in [0.25, 0.3) is 11.2 Å². The summed E-state index contributed by atoms with van der Waals surface area (Å²) in [7, 11) is 0. The van der Waals surface area contributed by atoms with Crippen molar-refractivity contribution in [2.24, 2.45) is 0 Å². The Morgan fingerprint density at radius 3 is 2.76 bits per heavy atom. The lowest BCUT2D eigenvalue weighted by Crippen LogP contribution is -2.27. The molecule has 0 unspecified atom stereocenters. The SMILES string of the molecule is Nc1nc(N(CCO)Cc2ccccc2)c2[nH]cnc2n1. The molecule has 3 aromatic rings. The third-order valence-corrected chi connectivity index (χ3v) is 3.17. The van der Waals surface area contributed by atoms with Crippen molar-refractivity contribution < 1.29 is 5.11 Å². The van der Waals surface area contributed by atoms with Crippen LogP contribution in [0.1, 0.15) is 5.56 Å². The van der Waals surface area contributed by atoms with Gasteiger partial charge in [0.05, 0.1) is 12.9 Å². The molecule has 0 radical (unpaired) electrons. The van der Waals surface area contributed by atoms with Crippen LogP contribution in [0.4, 0.5) is 11.8 Å². The van der Waals surface area contributed by atoms with Crippen LogP contribution in [0.15, 0.2) is 36.7 Å². The number of fused-ring (bicyclic) bond motifs is 1. The van der Waals surface area contributed by atoms with Gasteiger partial charge < -0.3 is 20.7 Å². The van der Waals surface area contributed by atoms with Gasteiger partial charge in [-0.15, -0.1) is 0 Å². The number of nitrogens with zero attached hydrogens (tertiary/aromatic N) is 4. The molecule has 4 N–H and O–H groups in total. The number of aliphatic hydroxyl groups is 1. The van der Waals surface area contributed by atoms with E-state index in [0.717, 1.165) is 5.56 Å². The van der Waals surface area contributed by atoms with Crippen molar-refractivity contribution in [2.45, 2.75) is 6.54 Å². The van der Waals surface area contributed by atoms with Crippen LogP contribution in [-0.4, -0.2) is 38.2 Å². The molecule has 0 amide bonds. The summed E-state index contributed by atoms with van der Waals surface area (Å²) in [5, 5.41) is 9.33. The van der Waals surface area contributed by atoms with Crippen molar-refractivity contribution in [1.29, 1.82) is 0 Å². The first-order chi connectivity index (χ1) is 10.3. The van der Waals surface area contributed by atoms with E-state index >= 15 is 0 Å². The molecule has 0 saturated carbocycles. The number of hydrogen-bond acceptors (Lipinski definition) is 6. The number of nitrogens with one attached hydrogen (secondary N) is 1. The van der Waals surface area contributed by atoms with E-state index in [9.17, 15) is 5.11 Å². The highest BCUT2D eigenvalue weighted by molar-refractivity contribution is 5.84. The number of nitrogen functional groups attached to an aromatic ring is 1. The average molecular weight is 284 g/mol. The molecule has 21 heavy (non-hydrogen) atoms. The summed E-state index contributed by atoms with van der Waals surface area (Å²) in [6, 6.07) is 9.98. The second kappa shape index (κ2) is 5.76. The normalized spacial score (nSPS) is 10.9. The van der Waals surface area contributed by atoms with Crippen LogP contribution >= 0.6 is 0 Å². The molecule has 7 heteroatoms. The van der Waals surface area contributed by atoms with E-state index < -0.39 is 0 Å². The summed E-state index contributed by atoms with van der Waals surface area (Å²) in [5.74, 6) is 0.813. The van der Waals surface area contributed by atoms with Crippen LogP contribution in [0.5, 0.6) is 0 Å². The highest BCUT2D eigenvalue weighted by Gasteiger charge is 2.15. The Kier molecular flexibility index (Phi) is 3.65. The molecule has 0 spiro atoms. The Morgan fingerprint density at radius 2 is 2.00 bits per heavy atom. The van der Waals surface area contributed by atoms with E-state index in [1.165, 1.54) is 0 Å². The Morgan fingerprint density at radius 1 is 1.19 bits per heavy atom. The van der Waals surface area contributed by atoms with Gasteiger partial charge in [-0.3, -0.25) is 0 Å². The molecular weight excluding hydrogens is 268 g/mol. The second-order valence-corrected chi connectivity index (χ2v) is 4.64. The van der Waals surface area contributed by atoms with Gasteiger partial charge in [0.15, 0.2) is 11.5 Å². The summed E-state index contributed by atoms with van der Waals surface area (Å²) in [4.78, 5) is 17.5. The van der Waals surface area contributed by atoms with Gasteiger partial charge in [-0.2, -0.15) is 9.97 Å². The molecule has 0 atom stereocenters. The van der Waals surface area contributed by atoms with Crippen LogP contribution in [0.2, 0.25) is 0 Å². The monoisotopic (exact) mass is 284 g/mol. The highest BCUT2D eigenvalue weighted by atomic mass is 16.3. The fourth-order valence-corrected chi connectivity index (χ4v) is 2.25. The Bertz CT molecular complexity index is 727. The topological polar surface area (TPSA) is 104 Å². The fourth-order valence-electron chi connectivity index (χ4n) is 2.25. The number of H-pyrrole nitrogens is 1. The Balaban J connectivity index is 2.00. The zero-order valence-electron chi connectivity index (χ0n) is 11.4. The summed E-state index contributed by atoms with van der Waals surface area (Å²) >= 11 is 0. The van der Waals surface area contributed by atoms with Gasteiger partial charge in [0, 0.05) is 13.1 Å². The molecule has 0 bridgehead atoms. The summed E-state index contributed by atoms with van der Waals surface area (Å²) < 4.78 is 0. The van der Waals surface area contributed by atoms with Crippen molar-refractivity contribution in [3.8, 4) is 0 Å². The first kappa shape index (κ1) is 13.3. The van der Waals surface area contributed by atoms with Gasteiger partial charge >= 0.3 is 0 Å². The summed E-state index contributed by atoms with van der Waals surface area (Å²) in [5.41, 5.74) is 8.11. The van der Waals surface area contributed by atoms with Gasteiger partial charge in [0.2, 0.25) is 5.95 Å². The third-order valence-electron chi connectivity index (χ3n) is 3.17. The number of aromatic nitrogens is 4. The van der Waals surface area contributed by atoms with Crippen molar-refractivity contribution in [1.82, 2.24) is 19.9 Å². The van der Waals surface area contributed by atoms with E-state index in [-0.39, 0.29) is 12.6 Å². The average Bonchev–Trinajstić information content (AvgIpc) is 2.95. The third kappa shape index (κ3) is 2.77. The molecular formula is C14H16N6O. The molecule has 1 aromatic carbocycles. The predicted octanol–water partition coefficient (Wildman–Crippen LogP) is 0.934. The molecule has 2 heterocycles. The Hall–Kier alpha value is -2.67. The zero-order valence-corrected chi connectivity index (χ0v) is 11.4. The van der Waals surface area contributed by atoms with Crippen LogP contribution in [0.3, 0.4) is 0 Å². The molecule has 0 fully saturated rings. The Labute approximate surface area is 121 Å². The van der Waals surface area contributed by atoms with Gasteiger partial charge in [-0.25, -0.2) is 4.98 Å². The largest absolute Gasteiger partial charge is 0.395 e. The van der Waals surface area contributed by atoms with Crippen molar-refractivity contribution in [3.05, 3.63) is 42.2 Å². The lowest BCUT2D eigenvalue weighted by atomic mass is 10.2. The maximum absolute atomic E-state index is 9.33. The first-order valence-electron chi connectivity index (χ1n) is 6.64. The van der Waals surface area contributed by atoms with Crippen molar-refractivity contribution >= 4 is 22.9 Å². The maximum Gasteiger partial charge on any atom is 0.224 e. The summed E-state index contributed by atoms with van der Waals surface area (Å²) in [6.07, 6.45) is 1.56. The number of aromatic amines is 1. The molecule has 0 saturated heterocycles. The zero-order chi connectivity index (χ0) is 14.7. The van der Waals surface area contributed by atoms with Crippen LogP contribution in [0, 0.1) is 0 Å². The predicted molar refractivity (Wildman–Crippen MR) is 80.7 cm³/mol. The van der Waals surface area contributed by atoms with Gasteiger partial charge in [0.1, 0.15) is 5.52 Å². The highest BCUT2D eigenvalue weighted by Crippen LogP contribution is 2.23. The van der Waals surface area contributed by atoms with Gasteiger partial charge in [0.25, 0.3) is 0 Å². The number of benzene rings is 1. The number of nitrogens with two attached hydrogens (primary N) is 1. The smallest absolute Gasteiger partial charge is 0.224 e. The van der Waals surface area contributed by atoms with E-state index in [1.54, 1.807) is 6.33 Å². The van der Waals surface area contributed by atoms with Crippen LogP contribution < -0.4 is 10.6 Å². The molecule has 0 aliphatic rings. The first-order valence-corrected chi connectivity index (χ1v) is 6.64.